The minimum Gasteiger partial charge on any atom is -0.313 e. The fraction of sp³-hybridized carbons (Fsp3) is 0.600. The first-order valence-electron chi connectivity index (χ1n) is 7.03. The molecular formula is C15H26N2O2S. The van der Waals surface area contributed by atoms with Crippen LogP contribution < -0.4 is 10.0 Å². The van der Waals surface area contributed by atoms with Crippen molar-refractivity contribution in [2.24, 2.45) is 0 Å². The molecule has 1 aromatic rings. The third-order valence-electron chi connectivity index (χ3n) is 3.41. The van der Waals surface area contributed by atoms with Gasteiger partial charge in [0.25, 0.3) is 0 Å². The highest BCUT2D eigenvalue weighted by atomic mass is 32.2. The van der Waals surface area contributed by atoms with Crippen LogP contribution in [0, 0.1) is 0 Å². The second-order valence-corrected chi connectivity index (χ2v) is 7.50. The predicted octanol–water partition coefficient (Wildman–Crippen LogP) is 2.82. The van der Waals surface area contributed by atoms with Crippen molar-refractivity contribution in [2.75, 3.05) is 7.05 Å². The molecule has 0 aliphatic carbocycles. The summed E-state index contributed by atoms with van der Waals surface area (Å²) in [7, 11) is -1.58. The molecule has 114 valence electrons. The van der Waals surface area contributed by atoms with Crippen molar-refractivity contribution in [3.8, 4) is 0 Å². The van der Waals surface area contributed by atoms with Crippen molar-refractivity contribution in [2.45, 2.75) is 57.0 Å². The molecule has 1 aromatic carbocycles. The van der Waals surface area contributed by atoms with Crippen LogP contribution in [-0.2, 0) is 10.0 Å². The van der Waals surface area contributed by atoms with Crippen LogP contribution in [0.1, 0.15) is 52.1 Å². The number of sulfonamides is 1. The lowest BCUT2D eigenvalue weighted by Crippen LogP contribution is -2.43. The Morgan fingerprint density at radius 2 is 1.75 bits per heavy atom. The summed E-state index contributed by atoms with van der Waals surface area (Å²) in [5.74, 6) is 0. The van der Waals surface area contributed by atoms with Crippen LogP contribution in [0.4, 0.5) is 0 Å². The topological polar surface area (TPSA) is 58.2 Å². The van der Waals surface area contributed by atoms with E-state index >= 15 is 0 Å². The summed E-state index contributed by atoms with van der Waals surface area (Å²) >= 11 is 0. The number of nitrogens with one attached hydrogen (secondary N) is 2. The van der Waals surface area contributed by atoms with Crippen LogP contribution in [0.15, 0.2) is 29.2 Å². The van der Waals surface area contributed by atoms with Crippen molar-refractivity contribution < 1.29 is 8.42 Å². The van der Waals surface area contributed by atoms with Crippen molar-refractivity contribution in [1.29, 1.82) is 0 Å². The molecule has 0 aromatic heterocycles. The first-order chi connectivity index (χ1) is 9.22. The van der Waals surface area contributed by atoms with Gasteiger partial charge in [-0.25, -0.2) is 13.1 Å². The maximum Gasteiger partial charge on any atom is 0.241 e. The second kappa shape index (κ2) is 6.70. The summed E-state index contributed by atoms with van der Waals surface area (Å²) in [6, 6.07) is 7.22. The van der Waals surface area contributed by atoms with Gasteiger partial charge in [-0.2, -0.15) is 0 Å². The SMILES string of the molecule is CCCC(C)(C)NS(=O)(=O)c1ccc(C(C)NC)cc1. The van der Waals surface area contributed by atoms with Gasteiger partial charge in [-0.3, -0.25) is 0 Å². The van der Waals surface area contributed by atoms with E-state index in [0.717, 1.165) is 18.4 Å². The van der Waals surface area contributed by atoms with Gasteiger partial charge in [-0.15, -0.1) is 0 Å². The Kier molecular flexibility index (Phi) is 5.74. The van der Waals surface area contributed by atoms with Gasteiger partial charge < -0.3 is 5.32 Å². The van der Waals surface area contributed by atoms with Crippen molar-refractivity contribution >= 4 is 10.0 Å². The fourth-order valence-electron chi connectivity index (χ4n) is 2.20. The maximum absolute atomic E-state index is 12.3. The van der Waals surface area contributed by atoms with Crippen LogP contribution in [0.2, 0.25) is 0 Å². The van der Waals surface area contributed by atoms with E-state index in [1.54, 1.807) is 12.1 Å². The molecule has 0 amide bonds. The summed E-state index contributed by atoms with van der Waals surface area (Å²) in [6.45, 7) is 7.90. The lowest BCUT2D eigenvalue weighted by Gasteiger charge is -2.25. The van der Waals surface area contributed by atoms with Crippen LogP contribution in [0.3, 0.4) is 0 Å². The molecule has 0 saturated heterocycles. The normalized spacial score (nSPS) is 14.2. The Bertz CT molecular complexity index is 521. The van der Waals surface area contributed by atoms with Crippen molar-refractivity contribution in [3.05, 3.63) is 29.8 Å². The molecule has 20 heavy (non-hydrogen) atoms. The summed E-state index contributed by atoms with van der Waals surface area (Å²) in [5.41, 5.74) is 0.643. The standard InChI is InChI=1S/C15H26N2O2S/c1-6-11-15(3,4)17-20(18,19)14-9-7-13(8-10-14)12(2)16-5/h7-10,12,16-17H,6,11H2,1-5H3. The van der Waals surface area contributed by atoms with E-state index in [2.05, 4.69) is 10.0 Å². The van der Waals surface area contributed by atoms with E-state index in [9.17, 15) is 8.42 Å². The van der Waals surface area contributed by atoms with Gasteiger partial charge in [-0.05, 0) is 51.9 Å². The van der Waals surface area contributed by atoms with E-state index in [4.69, 9.17) is 0 Å². The number of hydrogen-bond donors (Lipinski definition) is 2. The second-order valence-electron chi connectivity index (χ2n) is 5.82. The highest BCUT2D eigenvalue weighted by Gasteiger charge is 2.25. The predicted molar refractivity (Wildman–Crippen MR) is 83.2 cm³/mol. The summed E-state index contributed by atoms with van der Waals surface area (Å²) in [6.07, 6.45) is 1.75. The molecule has 5 heteroatoms. The van der Waals surface area contributed by atoms with Gasteiger partial charge in [0.05, 0.1) is 4.90 Å². The van der Waals surface area contributed by atoms with Crippen LogP contribution >= 0.6 is 0 Å². The average molecular weight is 298 g/mol. The zero-order valence-corrected chi connectivity index (χ0v) is 13.8. The van der Waals surface area contributed by atoms with E-state index in [0.29, 0.717) is 4.90 Å². The van der Waals surface area contributed by atoms with Gasteiger partial charge >= 0.3 is 0 Å². The lowest BCUT2D eigenvalue weighted by molar-refractivity contribution is 0.418. The van der Waals surface area contributed by atoms with Gasteiger partial charge in [-0.1, -0.05) is 25.5 Å². The van der Waals surface area contributed by atoms with Gasteiger partial charge in [0, 0.05) is 11.6 Å². The molecule has 0 spiro atoms. The van der Waals surface area contributed by atoms with Gasteiger partial charge in [0.2, 0.25) is 10.0 Å². The minimum atomic E-state index is -3.46. The molecule has 1 rings (SSSR count). The summed E-state index contributed by atoms with van der Waals surface area (Å²) in [5, 5.41) is 3.13. The Morgan fingerprint density at radius 1 is 1.20 bits per heavy atom. The molecule has 4 nitrogen and oxygen atoms in total. The first kappa shape index (κ1) is 17.1. The van der Waals surface area contributed by atoms with E-state index < -0.39 is 15.6 Å². The van der Waals surface area contributed by atoms with Crippen LogP contribution in [-0.4, -0.2) is 21.0 Å². The smallest absolute Gasteiger partial charge is 0.241 e. The van der Waals surface area contributed by atoms with Crippen molar-refractivity contribution in [3.63, 3.8) is 0 Å². The fourth-order valence-corrected chi connectivity index (χ4v) is 3.64. The molecule has 0 radical (unpaired) electrons. The Balaban J connectivity index is 2.93. The Labute approximate surface area is 123 Å². The van der Waals surface area contributed by atoms with Crippen LogP contribution in [0.5, 0.6) is 0 Å². The molecule has 0 aliphatic heterocycles. The van der Waals surface area contributed by atoms with Gasteiger partial charge in [0.15, 0.2) is 0 Å². The quantitative estimate of drug-likeness (QED) is 0.814. The molecule has 0 heterocycles. The maximum atomic E-state index is 12.3. The zero-order chi connectivity index (χ0) is 15.4. The highest BCUT2D eigenvalue weighted by molar-refractivity contribution is 7.89. The number of rotatable bonds is 7. The highest BCUT2D eigenvalue weighted by Crippen LogP contribution is 2.19. The largest absolute Gasteiger partial charge is 0.313 e. The Morgan fingerprint density at radius 3 is 2.20 bits per heavy atom. The molecule has 1 unspecified atom stereocenters. The summed E-state index contributed by atoms with van der Waals surface area (Å²) in [4.78, 5) is 0.314. The first-order valence-corrected chi connectivity index (χ1v) is 8.51. The molecule has 2 N–H and O–H groups in total. The van der Waals surface area contributed by atoms with E-state index in [1.807, 2.05) is 46.9 Å². The lowest BCUT2D eigenvalue weighted by atomic mass is 10.0. The Hall–Kier alpha value is -0.910. The molecule has 0 bridgehead atoms. The van der Waals surface area contributed by atoms with E-state index in [-0.39, 0.29) is 6.04 Å². The van der Waals surface area contributed by atoms with Gasteiger partial charge in [0.1, 0.15) is 0 Å². The number of hydrogen-bond acceptors (Lipinski definition) is 3. The van der Waals surface area contributed by atoms with Crippen molar-refractivity contribution in [1.82, 2.24) is 10.0 Å². The molecule has 0 aliphatic rings. The minimum absolute atomic E-state index is 0.205. The monoisotopic (exact) mass is 298 g/mol. The van der Waals surface area contributed by atoms with E-state index in [1.165, 1.54) is 0 Å². The number of benzene rings is 1. The average Bonchev–Trinajstić information content (AvgIpc) is 2.36. The molecular weight excluding hydrogens is 272 g/mol. The molecule has 0 saturated carbocycles. The molecule has 0 fully saturated rings. The molecule has 1 atom stereocenters. The summed E-state index contributed by atoms with van der Waals surface area (Å²) < 4.78 is 27.5. The third kappa shape index (κ3) is 4.58. The zero-order valence-electron chi connectivity index (χ0n) is 13.0. The van der Waals surface area contributed by atoms with Crippen LogP contribution in [0.25, 0.3) is 0 Å². The third-order valence-corrected chi connectivity index (χ3v) is 5.12.